The number of aryl methyl sites for hydroxylation is 2. The topological polar surface area (TPSA) is 88.5 Å². The minimum atomic E-state index is -0.179. The van der Waals surface area contributed by atoms with Gasteiger partial charge in [-0.05, 0) is 38.1 Å². The molecule has 0 fully saturated rings. The third-order valence-corrected chi connectivity index (χ3v) is 3.22. The zero-order valence-corrected chi connectivity index (χ0v) is 12.4. The molecule has 0 saturated carbocycles. The monoisotopic (exact) mass is 296 g/mol. The van der Waals surface area contributed by atoms with Crippen LogP contribution in [-0.2, 0) is 6.54 Å². The van der Waals surface area contributed by atoms with Crippen molar-refractivity contribution in [2.24, 2.45) is 0 Å². The molecule has 1 aromatic carbocycles. The Bertz CT molecular complexity index is 786. The first kappa shape index (κ1) is 14.0. The summed E-state index contributed by atoms with van der Waals surface area (Å²) in [5.74, 6) is 1.22. The largest absolute Gasteiger partial charge is 0.322 e. The molecule has 0 spiro atoms. The number of aromatic nitrogens is 5. The maximum absolute atomic E-state index is 12.1. The first-order valence-electron chi connectivity index (χ1n) is 6.99. The Labute approximate surface area is 127 Å². The van der Waals surface area contributed by atoms with E-state index < -0.39 is 0 Å². The molecular formula is C15H16N6O. The molecule has 3 rings (SSSR count). The fraction of sp³-hybridized carbons (Fsp3) is 0.200. The molecule has 0 radical (unpaired) electrons. The molecule has 7 heteroatoms. The zero-order chi connectivity index (χ0) is 15.5. The van der Waals surface area contributed by atoms with Gasteiger partial charge in [-0.3, -0.25) is 14.6 Å². The molecule has 22 heavy (non-hydrogen) atoms. The van der Waals surface area contributed by atoms with Crippen molar-refractivity contribution in [1.82, 2.24) is 25.0 Å². The van der Waals surface area contributed by atoms with Crippen LogP contribution in [0.15, 0.2) is 36.7 Å². The van der Waals surface area contributed by atoms with Gasteiger partial charge in [0, 0.05) is 24.0 Å². The highest BCUT2D eigenvalue weighted by Gasteiger charge is 2.09. The second-order valence-corrected chi connectivity index (χ2v) is 4.86. The fourth-order valence-electron chi connectivity index (χ4n) is 2.03. The second kappa shape index (κ2) is 5.80. The third kappa shape index (κ3) is 2.88. The molecule has 0 atom stereocenters. The summed E-state index contributed by atoms with van der Waals surface area (Å²) in [6.07, 6.45) is 3.28. The highest BCUT2D eigenvalue weighted by atomic mass is 16.1. The highest BCUT2D eigenvalue weighted by molar-refractivity contribution is 6.04. The van der Waals surface area contributed by atoms with Crippen LogP contribution in [0.25, 0.3) is 11.4 Å². The number of carbonyl (C=O) groups is 1. The van der Waals surface area contributed by atoms with E-state index in [0.29, 0.717) is 17.1 Å². The van der Waals surface area contributed by atoms with Gasteiger partial charge in [-0.1, -0.05) is 0 Å². The molecule has 0 aliphatic rings. The standard InChI is InChI=1S/C15H16N6O/c1-3-21-9-12(8-16-21)15(22)18-13-6-4-11(5-7-13)14-17-10(2)19-20-14/h4-9H,3H2,1-2H3,(H,18,22)(H,17,19,20). The Morgan fingerprint density at radius 2 is 2.09 bits per heavy atom. The highest BCUT2D eigenvalue weighted by Crippen LogP contribution is 2.18. The summed E-state index contributed by atoms with van der Waals surface area (Å²) >= 11 is 0. The normalized spacial score (nSPS) is 10.6. The van der Waals surface area contributed by atoms with Gasteiger partial charge in [0.25, 0.3) is 5.91 Å². The summed E-state index contributed by atoms with van der Waals surface area (Å²) in [5.41, 5.74) is 2.14. The van der Waals surface area contributed by atoms with Crippen molar-refractivity contribution >= 4 is 11.6 Å². The number of anilines is 1. The van der Waals surface area contributed by atoms with Crippen LogP contribution in [0.1, 0.15) is 23.1 Å². The van der Waals surface area contributed by atoms with Crippen LogP contribution < -0.4 is 5.32 Å². The van der Waals surface area contributed by atoms with Gasteiger partial charge in [0.05, 0.1) is 11.8 Å². The number of aromatic amines is 1. The quantitative estimate of drug-likeness (QED) is 0.773. The summed E-state index contributed by atoms with van der Waals surface area (Å²) in [6, 6.07) is 7.38. The Morgan fingerprint density at radius 1 is 1.32 bits per heavy atom. The van der Waals surface area contributed by atoms with E-state index in [1.807, 2.05) is 38.1 Å². The molecule has 0 aliphatic carbocycles. The number of nitrogens with zero attached hydrogens (tertiary/aromatic N) is 4. The van der Waals surface area contributed by atoms with Crippen LogP contribution in [0.5, 0.6) is 0 Å². The van der Waals surface area contributed by atoms with Crippen LogP contribution in [-0.4, -0.2) is 30.9 Å². The van der Waals surface area contributed by atoms with Gasteiger partial charge in [0.15, 0.2) is 5.82 Å². The average molecular weight is 296 g/mol. The fourth-order valence-corrected chi connectivity index (χ4v) is 2.03. The lowest BCUT2D eigenvalue weighted by atomic mass is 10.2. The van der Waals surface area contributed by atoms with E-state index in [-0.39, 0.29) is 5.91 Å². The van der Waals surface area contributed by atoms with Gasteiger partial charge in [0.1, 0.15) is 5.82 Å². The number of hydrogen-bond acceptors (Lipinski definition) is 4. The van der Waals surface area contributed by atoms with Crippen LogP contribution >= 0.6 is 0 Å². The number of hydrogen-bond donors (Lipinski definition) is 2. The smallest absolute Gasteiger partial charge is 0.258 e. The third-order valence-electron chi connectivity index (χ3n) is 3.22. The van der Waals surface area contributed by atoms with Gasteiger partial charge < -0.3 is 5.32 Å². The number of amides is 1. The molecule has 0 unspecified atom stereocenters. The lowest BCUT2D eigenvalue weighted by molar-refractivity contribution is 0.102. The van der Waals surface area contributed by atoms with Gasteiger partial charge in [-0.2, -0.15) is 10.2 Å². The molecule has 2 heterocycles. The molecule has 0 saturated heterocycles. The number of rotatable bonds is 4. The van der Waals surface area contributed by atoms with E-state index in [0.717, 1.165) is 17.9 Å². The molecule has 0 aliphatic heterocycles. The van der Waals surface area contributed by atoms with Crippen molar-refractivity contribution in [3.8, 4) is 11.4 Å². The summed E-state index contributed by atoms with van der Waals surface area (Å²) in [6.45, 7) is 4.55. The van der Waals surface area contributed by atoms with Crippen molar-refractivity contribution in [3.63, 3.8) is 0 Å². The van der Waals surface area contributed by atoms with Crippen LogP contribution in [0.4, 0.5) is 5.69 Å². The lowest BCUT2D eigenvalue weighted by Crippen LogP contribution is -2.11. The van der Waals surface area contributed by atoms with Crippen LogP contribution in [0, 0.1) is 6.92 Å². The Balaban J connectivity index is 1.72. The van der Waals surface area contributed by atoms with E-state index in [1.54, 1.807) is 17.1 Å². The molecule has 112 valence electrons. The van der Waals surface area contributed by atoms with E-state index in [9.17, 15) is 4.79 Å². The number of carbonyl (C=O) groups excluding carboxylic acids is 1. The maximum Gasteiger partial charge on any atom is 0.258 e. The van der Waals surface area contributed by atoms with E-state index >= 15 is 0 Å². The summed E-state index contributed by atoms with van der Waals surface area (Å²) in [7, 11) is 0. The average Bonchev–Trinajstić information content (AvgIpc) is 3.17. The number of H-pyrrole nitrogens is 1. The Kier molecular flexibility index (Phi) is 3.69. The van der Waals surface area contributed by atoms with Crippen LogP contribution in [0.2, 0.25) is 0 Å². The van der Waals surface area contributed by atoms with Gasteiger partial charge in [0.2, 0.25) is 0 Å². The van der Waals surface area contributed by atoms with E-state index in [1.165, 1.54) is 0 Å². The Morgan fingerprint density at radius 3 is 2.68 bits per heavy atom. The minimum absolute atomic E-state index is 0.179. The molecule has 0 bridgehead atoms. The van der Waals surface area contributed by atoms with Crippen molar-refractivity contribution in [1.29, 1.82) is 0 Å². The van der Waals surface area contributed by atoms with Crippen molar-refractivity contribution in [3.05, 3.63) is 48.0 Å². The molecule has 1 amide bonds. The predicted molar refractivity (Wildman–Crippen MR) is 82.4 cm³/mol. The SMILES string of the molecule is CCn1cc(C(=O)Nc2ccc(-c3n[nH]c(C)n3)cc2)cn1. The molecular weight excluding hydrogens is 280 g/mol. The summed E-state index contributed by atoms with van der Waals surface area (Å²) < 4.78 is 1.71. The molecule has 2 aromatic heterocycles. The minimum Gasteiger partial charge on any atom is -0.322 e. The molecule has 7 nitrogen and oxygen atoms in total. The number of benzene rings is 1. The maximum atomic E-state index is 12.1. The van der Waals surface area contributed by atoms with E-state index in [4.69, 9.17) is 0 Å². The van der Waals surface area contributed by atoms with Crippen molar-refractivity contribution in [2.75, 3.05) is 5.32 Å². The Hall–Kier alpha value is -2.96. The summed E-state index contributed by atoms with van der Waals surface area (Å²) in [4.78, 5) is 16.4. The summed E-state index contributed by atoms with van der Waals surface area (Å²) in [5, 5.41) is 13.8. The predicted octanol–water partition coefficient (Wildman–Crippen LogP) is 2.25. The van der Waals surface area contributed by atoms with Crippen molar-refractivity contribution in [2.45, 2.75) is 20.4 Å². The van der Waals surface area contributed by atoms with E-state index in [2.05, 4.69) is 25.6 Å². The molecule has 3 aromatic rings. The van der Waals surface area contributed by atoms with Gasteiger partial charge in [-0.15, -0.1) is 0 Å². The lowest BCUT2D eigenvalue weighted by Gasteiger charge is -2.04. The van der Waals surface area contributed by atoms with Crippen LogP contribution in [0.3, 0.4) is 0 Å². The van der Waals surface area contributed by atoms with Gasteiger partial charge >= 0.3 is 0 Å². The molecule has 2 N–H and O–H groups in total. The second-order valence-electron chi connectivity index (χ2n) is 4.86. The number of nitrogens with one attached hydrogen (secondary N) is 2. The van der Waals surface area contributed by atoms with Crippen molar-refractivity contribution < 1.29 is 4.79 Å². The van der Waals surface area contributed by atoms with Gasteiger partial charge in [-0.25, -0.2) is 4.98 Å². The first-order chi connectivity index (χ1) is 10.7. The first-order valence-corrected chi connectivity index (χ1v) is 6.99. The zero-order valence-electron chi connectivity index (χ0n) is 12.4.